The van der Waals surface area contributed by atoms with Gasteiger partial charge in [0, 0.05) is 18.3 Å². The van der Waals surface area contributed by atoms with Gasteiger partial charge < -0.3 is 5.32 Å². The minimum Gasteiger partial charge on any atom is -0.326 e. The van der Waals surface area contributed by atoms with Gasteiger partial charge in [0.2, 0.25) is 15.9 Å². The number of nitrogens with one attached hydrogen (secondary N) is 3. The van der Waals surface area contributed by atoms with Crippen LogP contribution in [0.3, 0.4) is 0 Å². The molecule has 0 fully saturated rings. The lowest BCUT2D eigenvalue weighted by molar-refractivity contribution is -0.115. The summed E-state index contributed by atoms with van der Waals surface area (Å²) in [6, 6.07) is 9.00. The van der Waals surface area contributed by atoms with Gasteiger partial charge in [-0.05, 0) is 30.7 Å². The van der Waals surface area contributed by atoms with Gasteiger partial charge >= 0.3 is 0 Å². The first-order valence-electron chi connectivity index (χ1n) is 6.77. The number of sulfonamides is 1. The molecule has 0 radical (unpaired) electrons. The van der Waals surface area contributed by atoms with Crippen molar-refractivity contribution in [2.24, 2.45) is 0 Å². The minimum absolute atomic E-state index is 0.105. The quantitative estimate of drug-likeness (QED) is 0.711. The van der Waals surface area contributed by atoms with E-state index in [4.69, 9.17) is 0 Å². The Bertz CT molecular complexity index is 726. The maximum atomic E-state index is 11.8. The number of benzene rings is 1. The number of hydrogen-bond acceptors (Lipinski definition) is 4. The summed E-state index contributed by atoms with van der Waals surface area (Å²) in [4.78, 5) is 11.8. The molecular formula is C14H18N4O3S. The van der Waals surface area contributed by atoms with E-state index in [0.717, 1.165) is 5.56 Å². The van der Waals surface area contributed by atoms with E-state index in [0.29, 0.717) is 11.4 Å². The fraction of sp³-hybridized carbons (Fsp3) is 0.286. The molecule has 7 nitrogen and oxygen atoms in total. The summed E-state index contributed by atoms with van der Waals surface area (Å²) in [7, 11) is -3.51. The highest BCUT2D eigenvalue weighted by atomic mass is 32.2. The highest BCUT2D eigenvalue weighted by Crippen LogP contribution is 2.09. The number of H-pyrrole nitrogens is 1. The van der Waals surface area contributed by atoms with Crippen LogP contribution >= 0.6 is 0 Å². The van der Waals surface area contributed by atoms with Gasteiger partial charge in [-0.2, -0.15) is 5.10 Å². The Labute approximate surface area is 129 Å². The van der Waals surface area contributed by atoms with Crippen LogP contribution in [-0.4, -0.2) is 30.3 Å². The topological polar surface area (TPSA) is 104 Å². The molecule has 1 amide bonds. The monoisotopic (exact) mass is 322 g/mol. The maximum absolute atomic E-state index is 11.8. The summed E-state index contributed by atoms with van der Waals surface area (Å²) in [5.74, 6) is -0.601. The normalized spacial score (nSPS) is 11.3. The first kappa shape index (κ1) is 16.2. The third-order valence-electron chi connectivity index (χ3n) is 2.94. The van der Waals surface area contributed by atoms with Gasteiger partial charge in [0.1, 0.15) is 0 Å². The number of aromatic nitrogens is 2. The molecule has 0 saturated carbocycles. The third kappa shape index (κ3) is 5.30. The van der Waals surface area contributed by atoms with Crippen LogP contribution in [0, 0.1) is 6.92 Å². The Balaban J connectivity index is 1.79. The SMILES string of the molecule is Cc1cccc(NC(=O)CCS(=O)(=O)NCc2ccn[nH]2)c1. The van der Waals surface area contributed by atoms with E-state index in [-0.39, 0.29) is 24.6 Å². The van der Waals surface area contributed by atoms with Crippen LogP contribution in [0.5, 0.6) is 0 Å². The molecule has 1 aromatic carbocycles. The van der Waals surface area contributed by atoms with Gasteiger partial charge in [-0.15, -0.1) is 0 Å². The Kier molecular flexibility index (Phi) is 5.29. The van der Waals surface area contributed by atoms with Gasteiger partial charge in [-0.25, -0.2) is 13.1 Å². The van der Waals surface area contributed by atoms with Crippen LogP contribution in [0.1, 0.15) is 17.7 Å². The van der Waals surface area contributed by atoms with Crippen LogP contribution in [0.15, 0.2) is 36.5 Å². The number of carbonyl (C=O) groups is 1. The average Bonchev–Trinajstić information content (AvgIpc) is 2.97. The smallest absolute Gasteiger partial charge is 0.225 e. The van der Waals surface area contributed by atoms with Gasteiger partial charge in [0.15, 0.2) is 0 Å². The van der Waals surface area contributed by atoms with Crippen molar-refractivity contribution in [2.75, 3.05) is 11.1 Å². The Morgan fingerprint density at radius 2 is 2.14 bits per heavy atom. The summed E-state index contributed by atoms with van der Waals surface area (Å²) in [6.07, 6.45) is 1.44. The largest absolute Gasteiger partial charge is 0.326 e. The van der Waals surface area contributed by atoms with E-state index < -0.39 is 10.0 Å². The van der Waals surface area contributed by atoms with E-state index in [2.05, 4.69) is 20.2 Å². The fourth-order valence-electron chi connectivity index (χ4n) is 1.82. The minimum atomic E-state index is -3.51. The van der Waals surface area contributed by atoms with Gasteiger partial charge in [0.25, 0.3) is 0 Å². The van der Waals surface area contributed by atoms with E-state index in [1.54, 1.807) is 18.3 Å². The highest BCUT2D eigenvalue weighted by molar-refractivity contribution is 7.89. The lowest BCUT2D eigenvalue weighted by Crippen LogP contribution is -2.28. The molecule has 0 atom stereocenters. The standard InChI is InChI=1S/C14H18N4O3S/c1-11-3-2-4-12(9-11)17-14(19)6-8-22(20,21)16-10-13-5-7-15-18-13/h2-5,7,9,16H,6,8,10H2,1H3,(H,15,18)(H,17,19). The number of aromatic amines is 1. The second-order valence-corrected chi connectivity index (χ2v) is 6.82. The van der Waals surface area contributed by atoms with Crippen LogP contribution in [0.25, 0.3) is 0 Å². The van der Waals surface area contributed by atoms with E-state index in [1.807, 2.05) is 25.1 Å². The molecule has 0 saturated heterocycles. The van der Waals surface area contributed by atoms with Crippen molar-refractivity contribution >= 4 is 21.6 Å². The molecule has 118 valence electrons. The third-order valence-corrected chi connectivity index (χ3v) is 4.27. The van der Waals surface area contributed by atoms with E-state index in [9.17, 15) is 13.2 Å². The molecule has 2 aromatic rings. The number of aryl methyl sites for hydroxylation is 1. The molecule has 0 bridgehead atoms. The molecule has 0 unspecified atom stereocenters. The lowest BCUT2D eigenvalue weighted by Gasteiger charge is -2.07. The molecule has 0 aliphatic carbocycles. The number of anilines is 1. The first-order valence-corrected chi connectivity index (χ1v) is 8.42. The number of amides is 1. The van der Waals surface area contributed by atoms with Crippen molar-refractivity contribution in [2.45, 2.75) is 19.9 Å². The van der Waals surface area contributed by atoms with Gasteiger partial charge in [-0.3, -0.25) is 9.89 Å². The van der Waals surface area contributed by atoms with Crippen LogP contribution < -0.4 is 10.0 Å². The van der Waals surface area contributed by atoms with Crippen LogP contribution in [-0.2, 0) is 21.4 Å². The lowest BCUT2D eigenvalue weighted by atomic mass is 10.2. The van der Waals surface area contributed by atoms with Crippen molar-refractivity contribution in [1.82, 2.24) is 14.9 Å². The molecule has 1 aromatic heterocycles. The van der Waals surface area contributed by atoms with Gasteiger partial charge in [0.05, 0.1) is 18.0 Å². The average molecular weight is 322 g/mol. The molecule has 8 heteroatoms. The van der Waals surface area contributed by atoms with Crippen molar-refractivity contribution in [3.8, 4) is 0 Å². The zero-order valence-electron chi connectivity index (χ0n) is 12.2. The summed E-state index contributed by atoms with van der Waals surface area (Å²) in [5, 5.41) is 9.06. The number of carbonyl (C=O) groups excluding carboxylic acids is 1. The summed E-state index contributed by atoms with van der Waals surface area (Å²) < 4.78 is 26.0. The van der Waals surface area contributed by atoms with Crippen molar-refractivity contribution < 1.29 is 13.2 Å². The van der Waals surface area contributed by atoms with Crippen molar-refractivity contribution in [1.29, 1.82) is 0 Å². The first-order chi connectivity index (χ1) is 10.4. The van der Waals surface area contributed by atoms with Gasteiger partial charge in [-0.1, -0.05) is 12.1 Å². The second-order valence-electron chi connectivity index (χ2n) is 4.89. The molecule has 0 aliphatic heterocycles. The highest BCUT2D eigenvalue weighted by Gasteiger charge is 2.13. The molecule has 22 heavy (non-hydrogen) atoms. The summed E-state index contributed by atoms with van der Waals surface area (Å²) in [5.41, 5.74) is 2.34. The predicted octanol–water partition coefficient (Wildman–Crippen LogP) is 1.17. The van der Waals surface area contributed by atoms with Crippen molar-refractivity contribution in [3.63, 3.8) is 0 Å². The maximum Gasteiger partial charge on any atom is 0.225 e. The number of rotatable bonds is 7. The predicted molar refractivity (Wildman–Crippen MR) is 83.6 cm³/mol. The van der Waals surface area contributed by atoms with E-state index in [1.165, 1.54) is 0 Å². The fourth-order valence-corrected chi connectivity index (χ4v) is 2.79. The Hall–Kier alpha value is -2.19. The van der Waals surface area contributed by atoms with E-state index >= 15 is 0 Å². The zero-order valence-corrected chi connectivity index (χ0v) is 13.0. The summed E-state index contributed by atoms with van der Waals surface area (Å²) >= 11 is 0. The van der Waals surface area contributed by atoms with Crippen molar-refractivity contribution in [3.05, 3.63) is 47.8 Å². The zero-order chi connectivity index (χ0) is 16.0. The Morgan fingerprint density at radius 1 is 1.32 bits per heavy atom. The molecule has 0 spiro atoms. The summed E-state index contributed by atoms with van der Waals surface area (Å²) in [6.45, 7) is 2.04. The van der Waals surface area contributed by atoms with Crippen LogP contribution in [0.4, 0.5) is 5.69 Å². The second kappa shape index (κ2) is 7.19. The Morgan fingerprint density at radius 3 is 2.82 bits per heavy atom. The molecule has 0 aliphatic rings. The van der Waals surface area contributed by atoms with Crippen LogP contribution in [0.2, 0.25) is 0 Å². The number of hydrogen-bond donors (Lipinski definition) is 3. The molecule has 1 heterocycles. The molecule has 2 rings (SSSR count). The number of nitrogens with zero attached hydrogens (tertiary/aromatic N) is 1. The molecular weight excluding hydrogens is 304 g/mol. The molecule has 3 N–H and O–H groups in total.